The van der Waals surface area contributed by atoms with E-state index in [-0.39, 0.29) is 22.6 Å². The van der Waals surface area contributed by atoms with E-state index in [4.69, 9.17) is 0 Å². The van der Waals surface area contributed by atoms with Crippen molar-refractivity contribution in [2.75, 3.05) is 62.8 Å². The lowest BCUT2D eigenvalue weighted by molar-refractivity contribution is 0.378. The molecule has 3 aromatic carbocycles. The van der Waals surface area contributed by atoms with Crippen LogP contribution in [0.3, 0.4) is 0 Å². The van der Waals surface area contributed by atoms with Crippen molar-refractivity contribution in [3.05, 3.63) is 83.8 Å². The summed E-state index contributed by atoms with van der Waals surface area (Å²) < 4.78 is 30.6. The minimum absolute atomic E-state index is 0.00503. The summed E-state index contributed by atoms with van der Waals surface area (Å²) in [7, 11) is -0.263. The number of nitrogens with one attached hydrogen (secondary N) is 2. The summed E-state index contributed by atoms with van der Waals surface area (Å²) in [4.78, 5) is 18.8. The highest BCUT2D eigenvalue weighted by Crippen LogP contribution is 2.31. The van der Waals surface area contributed by atoms with Crippen molar-refractivity contribution in [1.29, 1.82) is 5.26 Å². The highest BCUT2D eigenvalue weighted by molar-refractivity contribution is 7.99. The van der Waals surface area contributed by atoms with Crippen LogP contribution >= 0.6 is 11.8 Å². The molecule has 0 aromatic heterocycles. The molecule has 0 saturated carbocycles. The van der Waals surface area contributed by atoms with Gasteiger partial charge in [0.1, 0.15) is 5.69 Å². The Bertz CT molecular complexity index is 1520. The Hall–Kier alpha value is -4.12. The smallest absolute Gasteiger partial charge is 0.285 e. The summed E-state index contributed by atoms with van der Waals surface area (Å²) in [5, 5.41) is 18.3. The first-order valence-corrected chi connectivity index (χ1v) is 16.3. The zero-order valence-electron chi connectivity index (χ0n) is 24.3. The van der Waals surface area contributed by atoms with Crippen LogP contribution in [0.15, 0.2) is 98.2 Å². The molecule has 43 heavy (non-hydrogen) atoms. The van der Waals surface area contributed by atoms with Crippen LogP contribution < -0.4 is 15.5 Å². The van der Waals surface area contributed by atoms with Gasteiger partial charge in [-0.25, -0.2) is 0 Å². The number of rotatable bonds is 12. The largest absolute Gasteiger partial charge is 0.380 e. The topological polar surface area (TPSA) is 134 Å². The number of thioether (sulfide) groups is 1. The number of nitriles is 1. The van der Waals surface area contributed by atoms with Crippen molar-refractivity contribution < 1.29 is 8.42 Å². The van der Waals surface area contributed by atoms with Crippen LogP contribution in [0.1, 0.15) is 6.42 Å². The molecule has 13 heteroatoms. The van der Waals surface area contributed by atoms with Gasteiger partial charge in [-0.3, -0.25) is 5.32 Å². The lowest BCUT2D eigenvalue weighted by Gasteiger charge is -2.36. The lowest BCUT2D eigenvalue weighted by Crippen LogP contribution is -2.52. The van der Waals surface area contributed by atoms with Gasteiger partial charge in [0.2, 0.25) is 5.96 Å². The van der Waals surface area contributed by atoms with Crippen LogP contribution in [-0.2, 0) is 10.0 Å². The van der Waals surface area contributed by atoms with E-state index in [0.29, 0.717) is 31.9 Å². The SMILES string of the molecule is CN(C)CC[C@H](CSc1ccccc1)Nc1ccc(S(=O)(=O)N=C(NC#N)N2CCN(c3ccccc3)CC2)cc1N=O. The highest BCUT2D eigenvalue weighted by atomic mass is 32.2. The third-order valence-electron chi connectivity index (χ3n) is 6.92. The van der Waals surface area contributed by atoms with Crippen LogP contribution in [0.4, 0.5) is 17.1 Å². The predicted octanol–water partition coefficient (Wildman–Crippen LogP) is 4.55. The zero-order chi connectivity index (χ0) is 30.7. The molecule has 1 atom stereocenters. The monoisotopic (exact) mass is 620 g/mol. The average Bonchev–Trinajstić information content (AvgIpc) is 3.03. The number of hydrogen-bond donors (Lipinski definition) is 2. The van der Waals surface area contributed by atoms with Crippen molar-refractivity contribution >= 4 is 44.8 Å². The average molecular weight is 621 g/mol. The first kappa shape index (κ1) is 31.8. The third kappa shape index (κ3) is 9.18. The van der Waals surface area contributed by atoms with Crippen LogP contribution in [0, 0.1) is 16.4 Å². The Kier molecular flexibility index (Phi) is 11.4. The van der Waals surface area contributed by atoms with Gasteiger partial charge >= 0.3 is 0 Å². The van der Waals surface area contributed by atoms with Gasteiger partial charge in [-0.2, -0.15) is 13.7 Å². The molecule has 0 radical (unpaired) electrons. The van der Waals surface area contributed by atoms with Crippen molar-refractivity contribution in [3.63, 3.8) is 0 Å². The molecule has 0 amide bonds. The van der Waals surface area contributed by atoms with Crippen molar-refractivity contribution in [2.24, 2.45) is 9.57 Å². The molecule has 1 fully saturated rings. The van der Waals surface area contributed by atoms with Gasteiger partial charge in [0.05, 0.1) is 10.6 Å². The van der Waals surface area contributed by atoms with Gasteiger partial charge < -0.3 is 20.0 Å². The lowest BCUT2D eigenvalue weighted by atomic mass is 10.2. The Labute approximate surface area is 257 Å². The Morgan fingerprint density at radius 2 is 1.70 bits per heavy atom. The minimum atomic E-state index is -4.26. The quantitative estimate of drug-likeness (QED) is 0.0742. The third-order valence-corrected chi connectivity index (χ3v) is 9.36. The molecule has 4 rings (SSSR count). The number of para-hydroxylation sites is 1. The number of piperazine rings is 1. The summed E-state index contributed by atoms with van der Waals surface area (Å²) in [5.41, 5.74) is 1.50. The summed E-state index contributed by atoms with van der Waals surface area (Å²) >= 11 is 1.70. The summed E-state index contributed by atoms with van der Waals surface area (Å²) in [6.45, 7) is 3.03. The second kappa shape index (κ2) is 15.4. The maximum absolute atomic E-state index is 13.3. The molecule has 2 N–H and O–H groups in total. The molecule has 0 aliphatic carbocycles. The zero-order valence-corrected chi connectivity index (χ0v) is 25.9. The van der Waals surface area contributed by atoms with E-state index in [1.165, 1.54) is 12.1 Å². The van der Waals surface area contributed by atoms with Crippen LogP contribution in [0.5, 0.6) is 0 Å². The van der Waals surface area contributed by atoms with E-state index in [1.807, 2.05) is 74.8 Å². The molecule has 1 aliphatic heterocycles. The fourth-order valence-electron chi connectivity index (χ4n) is 4.61. The van der Waals surface area contributed by atoms with Gasteiger partial charge in [0, 0.05) is 48.6 Å². The molecular formula is C30H36N8O3S2. The van der Waals surface area contributed by atoms with Gasteiger partial charge in [-0.05, 0) is 74.7 Å². The number of nitrogens with zero attached hydrogens (tertiary/aromatic N) is 6. The van der Waals surface area contributed by atoms with Crippen LogP contribution in [0.2, 0.25) is 0 Å². The molecule has 226 valence electrons. The number of sulfonamides is 1. The van der Waals surface area contributed by atoms with Gasteiger partial charge in [0.15, 0.2) is 6.19 Å². The van der Waals surface area contributed by atoms with Crippen molar-refractivity contribution in [2.45, 2.75) is 22.3 Å². The number of nitroso groups, excluding NO2 is 1. The second-order valence-corrected chi connectivity index (χ2v) is 13.0. The van der Waals surface area contributed by atoms with E-state index in [9.17, 15) is 18.6 Å². The molecule has 1 saturated heterocycles. The highest BCUT2D eigenvalue weighted by Gasteiger charge is 2.24. The Morgan fingerprint density at radius 1 is 1.02 bits per heavy atom. The van der Waals surface area contributed by atoms with Gasteiger partial charge in [-0.1, -0.05) is 36.4 Å². The number of anilines is 2. The van der Waals surface area contributed by atoms with Crippen LogP contribution in [-0.4, -0.2) is 82.8 Å². The van der Waals surface area contributed by atoms with E-state index >= 15 is 0 Å². The second-order valence-electron chi connectivity index (χ2n) is 10.3. The molecule has 0 bridgehead atoms. The van der Waals surface area contributed by atoms with Crippen molar-refractivity contribution in [3.8, 4) is 6.19 Å². The molecule has 0 spiro atoms. The van der Waals surface area contributed by atoms with E-state index in [1.54, 1.807) is 28.9 Å². The normalized spacial score (nSPS) is 14.7. The maximum atomic E-state index is 13.3. The van der Waals surface area contributed by atoms with Gasteiger partial charge in [-0.15, -0.1) is 21.1 Å². The first-order chi connectivity index (χ1) is 20.8. The number of hydrogen-bond acceptors (Lipinski definition) is 9. The van der Waals surface area contributed by atoms with Crippen molar-refractivity contribution in [1.82, 2.24) is 15.1 Å². The fraction of sp³-hybridized carbons (Fsp3) is 0.333. The maximum Gasteiger partial charge on any atom is 0.285 e. The van der Waals surface area contributed by atoms with Crippen LogP contribution in [0.25, 0.3) is 0 Å². The fourth-order valence-corrected chi connectivity index (χ4v) is 6.59. The molecule has 3 aromatic rings. The summed E-state index contributed by atoms with van der Waals surface area (Å²) in [6.07, 6.45) is 2.60. The molecular weight excluding hydrogens is 585 g/mol. The molecule has 1 heterocycles. The molecule has 11 nitrogen and oxygen atoms in total. The standard InChI is InChI=1S/C30H36N8O3S2/c1-36(2)16-15-24(22-42-26-11-7-4-8-12-26)33-28-14-13-27(21-29(28)34-39)43(40,41)35-30(32-23-31)38-19-17-37(18-20-38)25-9-5-3-6-10-25/h3-14,21,24,33H,15-20,22H2,1-2H3,(H,32,35)/t24-/m1/s1. The van der Waals surface area contributed by atoms with E-state index in [2.05, 4.69) is 30.0 Å². The molecule has 1 aliphatic rings. The molecule has 0 unspecified atom stereocenters. The Balaban J connectivity index is 1.49. The van der Waals surface area contributed by atoms with Gasteiger partial charge in [0.25, 0.3) is 10.0 Å². The number of guanidine groups is 1. The summed E-state index contributed by atoms with van der Waals surface area (Å²) in [5.74, 6) is 0.681. The minimum Gasteiger partial charge on any atom is -0.380 e. The predicted molar refractivity (Wildman–Crippen MR) is 173 cm³/mol. The van der Waals surface area contributed by atoms with E-state index < -0.39 is 10.0 Å². The Morgan fingerprint density at radius 3 is 2.33 bits per heavy atom. The number of benzene rings is 3. The first-order valence-electron chi connectivity index (χ1n) is 13.9. The summed E-state index contributed by atoms with van der Waals surface area (Å²) in [6, 6.07) is 24.1. The van der Waals surface area contributed by atoms with E-state index in [0.717, 1.165) is 29.3 Å².